The number of fused-ring (bicyclic) bond motifs is 1. The van der Waals surface area contributed by atoms with Crippen LogP contribution in [0.3, 0.4) is 0 Å². The van der Waals surface area contributed by atoms with Gasteiger partial charge in [-0.3, -0.25) is 19.5 Å². The third kappa shape index (κ3) is 5.05. The Balaban J connectivity index is 1.39. The van der Waals surface area contributed by atoms with Crippen molar-refractivity contribution >= 4 is 17.8 Å². The predicted molar refractivity (Wildman–Crippen MR) is 139 cm³/mol. The van der Waals surface area contributed by atoms with Crippen LogP contribution in [0.15, 0.2) is 53.8 Å². The van der Waals surface area contributed by atoms with Crippen LogP contribution in [-0.4, -0.2) is 52.5 Å². The third-order valence-electron chi connectivity index (χ3n) is 7.46. The van der Waals surface area contributed by atoms with E-state index in [1.165, 1.54) is 0 Å². The van der Waals surface area contributed by atoms with Gasteiger partial charge in [0.05, 0.1) is 30.7 Å². The van der Waals surface area contributed by atoms with E-state index in [9.17, 15) is 9.59 Å². The SMILES string of the molecule is COCC1(C)CC(NC(=O)[C@H]2C[C@@H]2[C@@H](c2cccnc2)N2C(=O)CC(C)(C)N=C2N)c2ccccc2O1. The Labute approximate surface area is 217 Å². The summed E-state index contributed by atoms with van der Waals surface area (Å²) in [5, 5.41) is 3.27. The summed E-state index contributed by atoms with van der Waals surface area (Å²) < 4.78 is 11.6. The highest BCUT2D eigenvalue weighted by Gasteiger charge is 2.53. The van der Waals surface area contributed by atoms with Gasteiger partial charge in [-0.2, -0.15) is 0 Å². The lowest BCUT2D eigenvalue weighted by Gasteiger charge is -2.40. The van der Waals surface area contributed by atoms with Crippen molar-refractivity contribution in [2.45, 2.75) is 63.3 Å². The number of pyridine rings is 1. The highest BCUT2D eigenvalue weighted by molar-refractivity contribution is 5.99. The number of nitrogens with one attached hydrogen (secondary N) is 1. The highest BCUT2D eigenvalue weighted by atomic mass is 16.5. The molecular weight excluding hydrogens is 470 g/mol. The minimum absolute atomic E-state index is 0.0411. The maximum Gasteiger partial charge on any atom is 0.232 e. The number of benzene rings is 1. The largest absolute Gasteiger partial charge is 0.485 e. The van der Waals surface area contributed by atoms with Crippen molar-refractivity contribution in [2.75, 3.05) is 13.7 Å². The summed E-state index contributed by atoms with van der Waals surface area (Å²) in [6.45, 7) is 6.19. The second-order valence-corrected chi connectivity index (χ2v) is 11.2. The molecule has 9 heteroatoms. The maximum atomic E-state index is 13.6. The zero-order valence-corrected chi connectivity index (χ0v) is 21.8. The zero-order valence-electron chi connectivity index (χ0n) is 21.8. The Morgan fingerprint density at radius 2 is 2.05 bits per heavy atom. The van der Waals surface area contributed by atoms with Gasteiger partial charge in [0.2, 0.25) is 11.8 Å². The third-order valence-corrected chi connectivity index (χ3v) is 7.46. The van der Waals surface area contributed by atoms with Crippen LogP contribution in [0, 0.1) is 11.8 Å². The van der Waals surface area contributed by atoms with Crippen LogP contribution in [0.4, 0.5) is 0 Å². The molecule has 1 aromatic heterocycles. The molecule has 5 atom stereocenters. The van der Waals surface area contributed by atoms with Crippen molar-refractivity contribution in [3.63, 3.8) is 0 Å². The fourth-order valence-corrected chi connectivity index (χ4v) is 5.80. The summed E-state index contributed by atoms with van der Waals surface area (Å²) in [6, 6.07) is 10.9. The fourth-order valence-electron chi connectivity index (χ4n) is 5.80. The Morgan fingerprint density at radius 1 is 1.27 bits per heavy atom. The number of nitrogens with two attached hydrogens (primary N) is 1. The molecule has 2 aliphatic heterocycles. The van der Waals surface area contributed by atoms with Crippen LogP contribution in [0.2, 0.25) is 0 Å². The van der Waals surface area contributed by atoms with Crippen molar-refractivity contribution in [2.24, 2.45) is 22.6 Å². The average molecular weight is 506 g/mol. The van der Waals surface area contributed by atoms with E-state index in [0.29, 0.717) is 19.4 Å². The molecule has 3 N–H and O–H groups in total. The lowest BCUT2D eigenvalue weighted by atomic mass is 9.88. The van der Waals surface area contributed by atoms with Crippen molar-refractivity contribution < 1.29 is 19.1 Å². The molecular formula is C28H35N5O4. The van der Waals surface area contributed by atoms with Gasteiger partial charge < -0.3 is 20.5 Å². The molecule has 9 nitrogen and oxygen atoms in total. The Bertz CT molecular complexity index is 1220. The summed E-state index contributed by atoms with van der Waals surface area (Å²) in [5.41, 5.74) is 7.03. The molecule has 5 rings (SSSR count). The Morgan fingerprint density at radius 3 is 2.76 bits per heavy atom. The van der Waals surface area contributed by atoms with Gasteiger partial charge in [-0.1, -0.05) is 24.3 Å². The molecule has 196 valence electrons. The minimum atomic E-state index is -0.555. The molecule has 1 saturated carbocycles. The summed E-state index contributed by atoms with van der Waals surface area (Å²) >= 11 is 0. The normalized spacial score (nSPS) is 29.0. The van der Waals surface area contributed by atoms with E-state index in [2.05, 4.69) is 15.3 Å². The van der Waals surface area contributed by atoms with Crippen molar-refractivity contribution in [1.29, 1.82) is 0 Å². The van der Waals surface area contributed by atoms with Crippen molar-refractivity contribution in [1.82, 2.24) is 15.2 Å². The van der Waals surface area contributed by atoms with E-state index < -0.39 is 17.2 Å². The lowest BCUT2D eigenvalue weighted by Crippen LogP contribution is -2.52. The zero-order chi connectivity index (χ0) is 26.4. The molecule has 1 aliphatic carbocycles. The van der Waals surface area contributed by atoms with Gasteiger partial charge in [-0.15, -0.1) is 0 Å². The predicted octanol–water partition coefficient (Wildman–Crippen LogP) is 3.13. The van der Waals surface area contributed by atoms with E-state index >= 15 is 0 Å². The van der Waals surface area contributed by atoms with E-state index in [1.54, 1.807) is 24.4 Å². The number of rotatable bonds is 7. The lowest BCUT2D eigenvalue weighted by molar-refractivity contribution is -0.132. The van der Waals surface area contributed by atoms with Gasteiger partial charge >= 0.3 is 0 Å². The molecule has 0 spiro atoms. The quantitative estimate of drug-likeness (QED) is 0.597. The number of para-hydroxylation sites is 1. The number of nitrogens with zero attached hydrogens (tertiary/aromatic N) is 3. The number of ether oxygens (including phenoxy) is 2. The minimum Gasteiger partial charge on any atom is -0.485 e. The number of hydrogen-bond donors (Lipinski definition) is 2. The molecule has 3 aliphatic rings. The van der Waals surface area contributed by atoms with Gasteiger partial charge in [0.25, 0.3) is 0 Å². The first-order valence-corrected chi connectivity index (χ1v) is 12.8. The number of carbonyl (C=O) groups is 2. The number of carbonyl (C=O) groups excluding carboxylic acids is 2. The first-order chi connectivity index (χ1) is 17.6. The average Bonchev–Trinajstić information content (AvgIpc) is 3.62. The first kappa shape index (κ1) is 25.2. The maximum absolute atomic E-state index is 13.6. The number of guanidine groups is 1. The number of amides is 2. The molecule has 3 heterocycles. The van der Waals surface area contributed by atoms with Crippen molar-refractivity contribution in [3.05, 3.63) is 59.9 Å². The summed E-state index contributed by atoms with van der Waals surface area (Å²) in [6.07, 6.45) is 4.92. The fraction of sp³-hybridized carbons (Fsp3) is 0.500. The Kier molecular flexibility index (Phi) is 6.43. The highest BCUT2D eigenvalue weighted by Crippen LogP contribution is 2.51. The van der Waals surface area contributed by atoms with Crippen LogP contribution < -0.4 is 15.8 Å². The molecule has 2 unspecified atom stereocenters. The Hall–Kier alpha value is -3.46. The summed E-state index contributed by atoms with van der Waals surface area (Å²) in [5.74, 6) is 0.458. The van der Waals surface area contributed by atoms with Crippen LogP contribution in [-0.2, 0) is 14.3 Å². The smallest absolute Gasteiger partial charge is 0.232 e. The van der Waals surface area contributed by atoms with Gasteiger partial charge in [-0.25, -0.2) is 4.99 Å². The van der Waals surface area contributed by atoms with Gasteiger partial charge in [0.1, 0.15) is 11.4 Å². The van der Waals surface area contributed by atoms with E-state index in [-0.39, 0.29) is 42.1 Å². The summed E-state index contributed by atoms with van der Waals surface area (Å²) in [7, 11) is 1.65. The number of hydrogen-bond acceptors (Lipinski definition) is 7. The van der Waals surface area contributed by atoms with E-state index in [0.717, 1.165) is 16.9 Å². The molecule has 2 amide bonds. The van der Waals surface area contributed by atoms with Crippen LogP contribution in [0.25, 0.3) is 0 Å². The second kappa shape index (κ2) is 9.45. The van der Waals surface area contributed by atoms with Crippen LogP contribution >= 0.6 is 0 Å². The van der Waals surface area contributed by atoms with Gasteiger partial charge in [-0.05, 0) is 50.8 Å². The molecule has 0 saturated heterocycles. The molecule has 1 fully saturated rings. The molecule has 1 aromatic carbocycles. The van der Waals surface area contributed by atoms with Crippen LogP contribution in [0.5, 0.6) is 5.75 Å². The number of methoxy groups -OCH3 is 1. The van der Waals surface area contributed by atoms with E-state index in [1.807, 2.05) is 57.2 Å². The molecule has 0 bridgehead atoms. The van der Waals surface area contributed by atoms with Gasteiger partial charge in [0.15, 0.2) is 5.96 Å². The van der Waals surface area contributed by atoms with Crippen molar-refractivity contribution in [3.8, 4) is 5.75 Å². The van der Waals surface area contributed by atoms with Crippen LogP contribution in [0.1, 0.15) is 63.2 Å². The second-order valence-electron chi connectivity index (χ2n) is 11.2. The number of aliphatic imine (C=N–C) groups is 1. The molecule has 2 aromatic rings. The molecule has 37 heavy (non-hydrogen) atoms. The molecule has 0 radical (unpaired) electrons. The summed E-state index contributed by atoms with van der Waals surface area (Å²) in [4.78, 5) is 37.2. The standard InChI is InChI=1S/C28H35N5O4/c1-27(2)14-23(34)33(26(29)32-27)24(17-8-7-11-30-15-17)19-12-20(19)25(35)31-21-13-28(3,16-36-4)37-22-10-6-5-9-18(21)22/h5-11,15,19-21,24H,12-14,16H2,1-4H3,(H2,29,32)(H,31,35)/t19-,20-,21?,24+,28?/m0/s1. The first-order valence-electron chi connectivity index (χ1n) is 12.8. The van der Waals surface area contributed by atoms with E-state index in [4.69, 9.17) is 15.2 Å². The topological polar surface area (TPSA) is 119 Å². The monoisotopic (exact) mass is 505 g/mol. The van der Waals surface area contributed by atoms with Gasteiger partial charge in [0, 0.05) is 37.4 Å². The number of aromatic nitrogens is 1.